The predicted molar refractivity (Wildman–Crippen MR) is 82.5 cm³/mol. The first-order valence-corrected chi connectivity index (χ1v) is 7.17. The van der Waals surface area contributed by atoms with Crippen LogP contribution in [0.3, 0.4) is 0 Å². The second-order valence-electron chi connectivity index (χ2n) is 5.45. The Hall–Kier alpha value is -2.89. The number of amidine groups is 1. The van der Waals surface area contributed by atoms with Crippen molar-refractivity contribution in [3.8, 4) is 5.88 Å². The van der Waals surface area contributed by atoms with Gasteiger partial charge in [0.2, 0.25) is 5.88 Å². The second-order valence-corrected chi connectivity index (χ2v) is 5.45. The van der Waals surface area contributed by atoms with E-state index in [0.29, 0.717) is 10.6 Å². The number of H-pyrrole nitrogens is 1. The van der Waals surface area contributed by atoms with E-state index in [0.717, 1.165) is 30.5 Å². The van der Waals surface area contributed by atoms with Crippen molar-refractivity contribution in [2.45, 2.75) is 19.3 Å². The number of benzene rings is 1. The minimum absolute atomic E-state index is 0.0659. The smallest absolute Gasteiger partial charge is 0.260 e. The number of anilines is 1. The van der Waals surface area contributed by atoms with Crippen LogP contribution in [0.5, 0.6) is 5.88 Å². The Bertz CT molecular complexity index is 954. The number of pyridine rings is 1. The maximum Gasteiger partial charge on any atom is 0.260 e. The quantitative estimate of drug-likeness (QED) is 0.726. The lowest BCUT2D eigenvalue weighted by molar-refractivity contribution is 0.449. The molecule has 4 rings (SSSR count). The van der Waals surface area contributed by atoms with Crippen molar-refractivity contribution < 1.29 is 5.11 Å². The SMILES string of the molecule is N=C1c2c(O)[nH]c(=O)c(=C3CCC3)c2=NN1c1ccccc1. The number of aromatic hydroxyl groups is 1. The molecular formula is C16H14N4O2. The number of nitrogens with one attached hydrogen (secondary N) is 2. The van der Waals surface area contributed by atoms with Gasteiger partial charge in [0.1, 0.15) is 10.9 Å². The molecule has 22 heavy (non-hydrogen) atoms. The fraction of sp³-hybridized carbons (Fsp3) is 0.188. The number of hydrogen-bond donors (Lipinski definition) is 3. The van der Waals surface area contributed by atoms with Crippen molar-refractivity contribution in [2.24, 2.45) is 5.10 Å². The van der Waals surface area contributed by atoms with E-state index in [2.05, 4.69) is 10.1 Å². The minimum atomic E-state index is -0.336. The molecular weight excluding hydrogens is 280 g/mol. The normalized spacial score (nSPS) is 16.3. The summed E-state index contributed by atoms with van der Waals surface area (Å²) in [5.74, 6) is -0.230. The third-order valence-electron chi connectivity index (χ3n) is 4.13. The predicted octanol–water partition coefficient (Wildman–Crippen LogP) is 0.795. The van der Waals surface area contributed by atoms with Crippen molar-refractivity contribution in [2.75, 3.05) is 5.01 Å². The third-order valence-corrected chi connectivity index (χ3v) is 4.13. The molecule has 1 saturated carbocycles. The third kappa shape index (κ3) is 1.70. The van der Waals surface area contributed by atoms with Crippen molar-refractivity contribution >= 4 is 17.1 Å². The molecule has 3 N–H and O–H groups in total. The van der Waals surface area contributed by atoms with E-state index in [1.165, 1.54) is 5.01 Å². The molecule has 110 valence electrons. The molecule has 0 spiro atoms. The van der Waals surface area contributed by atoms with Gasteiger partial charge in [0, 0.05) is 0 Å². The first-order valence-electron chi connectivity index (χ1n) is 7.17. The lowest BCUT2D eigenvalue weighted by Crippen LogP contribution is -2.44. The van der Waals surface area contributed by atoms with Crippen LogP contribution in [-0.2, 0) is 0 Å². The molecule has 1 aromatic heterocycles. The summed E-state index contributed by atoms with van der Waals surface area (Å²) in [5, 5.41) is 25.1. The summed E-state index contributed by atoms with van der Waals surface area (Å²) in [6, 6.07) is 9.26. The molecule has 0 atom stereocenters. The van der Waals surface area contributed by atoms with Gasteiger partial charge in [0.25, 0.3) is 5.56 Å². The topological polar surface area (TPSA) is 92.5 Å². The van der Waals surface area contributed by atoms with Gasteiger partial charge in [-0.1, -0.05) is 23.8 Å². The highest BCUT2D eigenvalue weighted by molar-refractivity contribution is 6.10. The van der Waals surface area contributed by atoms with Gasteiger partial charge < -0.3 is 5.11 Å². The molecule has 1 aliphatic carbocycles. The fourth-order valence-corrected chi connectivity index (χ4v) is 2.85. The highest BCUT2D eigenvalue weighted by atomic mass is 16.3. The van der Waals surface area contributed by atoms with Crippen LogP contribution in [0.4, 0.5) is 5.69 Å². The van der Waals surface area contributed by atoms with Gasteiger partial charge in [0.05, 0.1) is 10.9 Å². The summed E-state index contributed by atoms with van der Waals surface area (Å²) in [6.07, 6.45) is 2.80. The van der Waals surface area contributed by atoms with Gasteiger partial charge in [-0.15, -0.1) is 0 Å². The summed E-state index contributed by atoms with van der Waals surface area (Å²) in [4.78, 5) is 14.6. The molecule has 0 bridgehead atoms. The van der Waals surface area contributed by atoms with E-state index in [9.17, 15) is 9.90 Å². The fourth-order valence-electron chi connectivity index (χ4n) is 2.85. The van der Waals surface area contributed by atoms with Crippen LogP contribution >= 0.6 is 0 Å². The number of aromatic nitrogens is 1. The highest BCUT2D eigenvalue weighted by Gasteiger charge is 2.28. The van der Waals surface area contributed by atoms with Crippen LogP contribution in [0.25, 0.3) is 5.57 Å². The maximum absolute atomic E-state index is 12.2. The zero-order chi connectivity index (χ0) is 15.3. The Kier molecular flexibility index (Phi) is 2.66. The number of rotatable bonds is 1. The van der Waals surface area contributed by atoms with Crippen molar-refractivity contribution in [1.82, 2.24) is 4.98 Å². The van der Waals surface area contributed by atoms with E-state index in [1.54, 1.807) is 0 Å². The zero-order valence-electron chi connectivity index (χ0n) is 11.8. The Morgan fingerprint density at radius 2 is 1.95 bits per heavy atom. The molecule has 6 nitrogen and oxygen atoms in total. The molecule has 1 aliphatic heterocycles. The Labute approximate surface area is 125 Å². The van der Waals surface area contributed by atoms with Crippen LogP contribution in [0.1, 0.15) is 24.8 Å². The molecule has 0 unspecified atom stereocenters. The summed E-state index contributed by atoms with van der Waals surface area (Å²) in [7, 11) is 0. The van der Waals surface area contributed by atoms with Gasteiger partial charge >= 0.3 is 0 Å². The number of hydrogen-bond acceptors (Lipinski definition) is 4. The average Bonchev–Trinajstić information content (AvgIpc) is 2.80. The highest BCUT2D eigenvalue weighted by Crippen LogP contribution is 2.25. The number of aromatic amines is 1. The van der Waals surface area contributed by atoms with Crippen molar-refractivity contribution in [3.63, 3.8) is 0 Å². The van der Waals surface area contributed by atoms with Gasteiger partial charge in [-0.3, -0.25) is 15.2 Å². The largest absolute Gasteiger partial charge is 0.494 e. The molecule has 1 aromatic carbocycles. The van der Waals surface area contributed by atoms with E-state index >= 15 is 0 Å². The Balaban J connectivity index is 2.04. The molecule has 0 radical (unpaired) electrons. The van der Waals surface area contributed by atoms with Crippen LogP contribution in [0.2, 0.25) is 0 Å². The molecule has 1 fully saturated rings. The van der Waals surface area contributed by atoms with Crippen LogP contribution in [-0.4, -0.2) is 15.9 Å². The first-order chi connectivity index (χ1) is 10.7. The molecule has 0 saturated heterocycles. The Morgan fingerprint density at radius 1 is 1.23 bits per heavy atom. The summed E-state index contributed by atoms with van der Waals surface area (Å²) in [6.45, 7) is 0. The summed E-state index contributed by atoms with van der Waals surface area (Å²) >= 11 is 0. The second kappa shape index (κ2) is 4.56. The van der Waals surface area contributed by atoms with E-state index < -0.39 is 0 Å². The van der Waals surface area contributed by atoms with Gasteiger partial charge in [-0.2, -0.15) is 5.10 Å². The number of nitrogens with zero attached hydrogens (tertiary/aromatic N) is 2. The standard InChI is InChI=1S/C16H14N4O2/c17-14-12-13(19-20(14)10-7-2-1-3-8-10)11(9-5-4-6-9)15(21)18-16(12)22/h1-3,7-8,17,22H,4-6H2,(H,18,21). The number of fused-ring (bicyclic) bond motifs is 1. The number of para-hydroxylation sites is 1. The zero-order valence-corrected chi connectivity index (χ0v) is 11.8. The Morgan fingerprint density at radius 3 is 2.59 bits per heavy atom. The molecule has 2 aromatic rings. The lowest BCUT2D eigenvalue weighted by atomic mass is 9.90. The van der Waals surface area contributed by atoms with Crippen molar-refractivity contribution in [3.05, 3.63) is 56.8 Å². The summed E-state index contributed by atoms with van der Waals surface area (Å²) < 4.78 is 0. The van der Waals surface area contributed by atoms with Crippen LogP contribution in [0, 0.1) is 5.41 Å². The molecule has 6 heteroatoms. The van der Waals surface area contributed by atoms with Crippen LogP contribution in [0.15, 0.2) is 40.2 Å². The first kappa shape index (κ1) is 12.8. The van der Waals surface area contributed by atoms with Crippen molar-refractivity contribution in [1.29, 1.82) is 5.41 Å². The average molecular weight is 294 g/mol. The maximum atomic E-state index is 12.2. The molecule has 2 heterocycles. The van der Waals surface area contributed by atoms with Crippen LogP contribution < -0.4 is 21.1 Å². The molecule has 2 aliphatic rings. The molecule has 0 amide bonds. The van der Waals surface area contributed by atoms with Gasteiger partial charge in [-0.25, -0.2) is 5.01 Å². The van der Waals surface area contributed by atoms with E-state index in [1.807, 2.05) is 30.3 Å². The lowest BCUT2D eigenvalue weighted by Gasteiger charge is -2.15. The summed E-state index contributed by atoms with van der Waals surface area (Å²) in [5.41, 5.74) is 1.72. The van der Waals surface area contributed by atoms with E-state index in [-0.39, 0.29) is 22.8 Å². The monoisotopic (exact) mass is 294 g/mol. The minimum Gasteiger partial charge on any atom is -0.494 e. The van der Waals surface area contributed by atoms with Gasteiger partial charge in [0.15, 0.2) is 5.84 Å². The van der Waals surface area contributed by atoms with Gasteiger partial charge in [-0.05, 0) is 31.4 Å². The van der Waals surface area contributed by atoms with E-state index in [4.69, 9.17) is 5.41 Å².